The average Bonchev–Trinajstić information content (AvgIpc) is 2.82. The van der Waals surface area contributed by atoms with Crippen LogP contribution in [0, 0.1) is 5.92 Å². The van der Waals surface area contributed by atoms with Gasteiger partial charge in [-0.3, -0.25) is 0 Å². The van der Waals surface area contributed by atoms with Crippen LogP contribution in [0.15, 0.2) is 24.3 Å². The molecule has 33 heavy (non-hydrogen) atoms. The molecule has 3 amide bonds. The predicted octanol–water partition coefficient (Wildman–Crippen LogP) is 2.62. The second kappa shape index (κ2) is 10.0. The van der Waals surface area contributed by atoms with Crippen LogP contribution in [-0.4, -0.2) is 66.4 Å². The largest absolute Gasteiger partial charge is 0.449 e. The van der Waals surface area contributed by atoms with Crippen LogP contribution in [-0.2, 0) is 22.4 Å². The number of carbonyl (C=O) groups is 2. The quantitative estimate of drug-likeness (QED) is 0.712. The molecular formula is C23H30N6O4. The van der Waals surface area contributed by atoms with E-state index >= 15 is 0 Å². The normalized spacial score (nSPS) is 15.8. The van der Waals surface area contributed by atoms with E-state index in [2.05, 4.69) is 10.2 Å². The molecule has 2 aliphatic rings. The van der Waals surface area contributed by atoms with Crippen LogP contribution in [0.1, 0.15) is 25.1 Å². The fourth-order valence-corrected chi connectivity index (χ4v) is 3.91. The van der Waals surface area contributed by atoms with Gasteiger partial charge >= 0.3 is 12.1 Å². The second-order valence-electron chi connectivity index (χ2n) is 8.60. The lowest BCUT2D eigenvalue weighted by Gasteiger charge is -2.34. The molecule has 0 aliphatic carbocycles. The van der Waals surface area contributed by atoms with Crippen molar-refractivity contribution in [1.82, 2.24) is 14.9 Å². The molecule has 0 atom stereocenters. The number of urea groups is 1. The molecule has 1 aromatic heterocycles. The fraction of sp³-hybridized carbons (Fsp3) is 0.478. The van der Waals surface area contributed by atoms with Gasteiger partial charge in [0.25, 0.3) is 0 Å². The third kappa shape index (κ3) is 5.51. The van der Waals surface area contributed by atoms with E-state index in [1.807, 2.05) is 26.0 Å². The molecule has 176 valence electrons. The molecule has 0 spiro atoms. The summed E-state index contributed by atoms with van der Waals surface area (Å²) in [6.07, 6.45) is 0.352. The van der Waals surface area contributed by atoms with E-state index in [1.54, 1.807) is 17.0 Å². The summed E-state index contributed by atoms with van der Waals surface area (Å²) < 4.78 is 11.0. The zero-order valence-electron chi connectivity index (χ0n) is 19.0. The van der Waals surface area contributed by atoms with Gasteiger partial charge in [0.1, 0.15) is 5.82 Å². The smallest absolute Gasteiger partial charge is 0.410 e. The minimum Gasteiger partial charge on any atom is -0.449 e. The Hall–Kier alpha value is -3.40. The van der Waals surface area contributed by atoms with E-state index in [0.29, 0.717) is 50.8 Å². The Bertz CT molecular complexity index is 1000. The standard InChI is InChI=1S/C23H30N6O4/c1-15(2)14-33-23(31)29-8-7-18-19(13-29)26-20(27-21(18)28-9-11-32-12-10-28)16-3-5-17(6-4-16)25-22(24)30/h3-6,15H,7-14H2,1-2H3,(H3,24,25,30). The van der Waals surface area contributed by atoms with Crippen LogP contribution in [0.2, 0.25) is 0 Å². The van der Waals surface area contributed by atoms with Crippen LogP contribution >= 0.6 is 0 Å². The number of nitrogens with zero attached hydrogens (tertiary/aromatic N) is 4. The predicted molar refractivity (Wildman–Crippen MR) is 124 cm³/mol. The van der Waals surface area contributed by atoms with Gasteiger partial charge in [0.05, 0.1) is 32.1 Å². The summed E-state index contributed by atoms with van der Waals surface area (Å²) in [4.78, 5) is 37.3. The summed E-state index contributed by atoms with van der Waals surface area (Å²) in [5, 5.41) is 2.55. The van der Waals surface area contributed by atoms with Gasteiger partial charge in [-0.2, -0.15) is 0 Å². The number of primary amides is 1. The van der Waals surface area contributed by atoms with Gasteiger partial charge in [-0.1, -0.05) is 13.8 Å². The highest BCUT2D eigenvalue weighted by atomic mass is 16.6. The van der Waals surface area contributed by atoms with Crippen molar-refractivity contribution in [2.75, 3.05) is 49.7 Å². The highest BCUT2D eigenvalue weighted by Crippen LogP contribution is 2.30. The summed E-state index contributed by atoms with van der Waals surface area (Å²) in [5.41, 5.74) is 8.49. The number of carbonyl (C=O) groups excluding carboxylic acids is 2. The van der Waals surface area contributed by atoms with Crippen LogP contribution < -0.4 is 16.0 Å². The van der Waals surface area contributed by atoms with Gasteiger partial charge in [-0.05, 0) is 36.6 Å². The number of hydrogen-bond donors (Lipinski definition) is 2. The molecule has 0 saturated carbocycles. The molecule has 1 aromatic carbocycles. The number of anilines is 2. The number of fused-ring (bicyclic) bond motifs is 1. The molecule has 10 heteroatoms. The first-order valence-corrected chi connectivity index (χ1v) is 11.2. The lowest BCUT2D eigenvalue weighted by molar-refractivity contribution is 0.0873. The fourth-order valence-electron chi connectivity index (χ4n) is 3.91. The zero-order chi connectivity index (χ0) is 23.4. The van der Waals surface area contributed by atoms with Gasteiger partial charge < -0.3 is 30.3 Å². The number of morpholine rings is 1. The maximum Gasteiger partial charge on any atom is 0.410 e. The zero-order valence-corrected chi connectivity index (χ0v) is 19.0. The molecule has 2 aromatic rings. The molecule has 1 fully saturated rings. The van der Waals surface area contributed by atoms with Crippen molar-refractivity contribution in [3.05, 3.63) is 35.5 Å². The number of nitrogens with one attached hydrogen (secondary N) is 1. The molecule has 2 aliphatic heterocycles. The highest BCUT2D eigenvalue weighted by Gasteiger charge is 2.29. The van der Waals surface area contributed by atoms with E-state index in [-0.39, 0.29) is 12.0 Å². The Morgan fingerprint density at radius 2 is 1.88 bits per heavy atom. The molecule has 0 bridgehead atoms. The number of nitrogens with two attached hydrogens (primary N) is 1. The van der Waals surface area contributed by atoms with Crippen LogP contribution in [0.3, 0.4) is 0 Å². The van der Waals surface area contributed by atoms with Crippen LogP contribution in [0.25, 0.3) is 11.4 Å². The number of hydrogen-bond acceptors (Lipinski definition) is 7. The first-order chi connectivity index (χ1) is 15.9. The van der Waals surface area contributed by atoms with Crippen molar-refractivity contribution in [3.8, 4) is 11.4 Å². The number of ether oxygens (including phenoxy) is 2. The van der Waals surface area contributed by atoms with Crippen molar-refractivity contribution in [1.29, 1.82) is 0 Å². The first kappa shape index (κ1) is 22.8. The van der Waals surface area contributed by atoms with Crippen LogP contribution in [0.4, 0.5) is 21.1 Å². The molecule has 10 nitrogen and oxygen atoms in total. The third-order valence-corrected chi connectivity index (χ3v) is 5.56. The molecule has 3 N–H and O–H groups in total. The SMILES string of the molecule is CC(C)COC(=O)N1CCc2c(nc(-c3ccc(NC(N)=O)cc3)nc2N2CCOCC2)C1. The van der Waals surface area contributed by atoms with Gasteiger partial charge in [0, 0.05) is 36.4 Å². The lowest BCUT2D eigenvalue weighted by atomic mass is 10.0. The number of aromatic nitrogens is 2. The first-order valence-electron chi connectivity index (χ1n) is 11.2. The van der Waals surface area contributed by atoms with E-state index in [0.717, 1.165) is 35.7 Å². The molecule has 1 saturated heterocycles. The maximum absolute atomic E-state index is 12.6. The van der Waals surface area contributed by atoms with E-state index in [9.17, 15) is 9.59 Å². The Morgan fingerprint density at radius 3 is 2.55 bits per heavy atom. The van der Waals surface area contributed by atoms with Gasteiger partial charge in [-0.25, -0.2) is 19.6 Å². The Morgan fingerprint density at radius 1 is 1.15 bits per heavy atom. The number of benzene rings is 1. The van der Waals surface area contributed by atoms with E-state index in [1.165, 1.54) is 0 Å². The van der Waals surface area contributed by atoms with E-state index < -0.39 is 6.03 Å². The lowest BCUT2D eigenvalue weighted by Crippen LogP contribution is -2.41. The summed E-state index contributed by atoms with van der Waals surface area (Å²) >= 11 is 0. The van der Waals surface area contributed by atoms with Gasteiger partial charge in [0.2, 0.25) is 0 Å². The maximum atomic E-state index is 12.6. The second-order valence-corrected chi connectivity index (χ2v) is 8.60. The third-order valence-electron chi connectivity index (χ3n) is 5.56. The van der Waals surface area contributed by atoms with E-state index in [4.69, 9.17) is 25.2 Å². The van der Waals surface area contributed by atoms with Crippen molar-refractivity contribution in [2.45, 2.75) is 26.8 Å². The van der Waals surface area contributed by atoms with Crippen LogP contribution in [0.5, 0.6) is 0 Å². The molecule has 3 heterocycles. The van der Waals surface area contributed by atoms with Crippen molar-refractivity contribution < 1.29 is 19.1 Å². The Labute approximate surface area is 193 Å². The molecule has 0 unspecified atom stereocenters. The Kier molecular flexibility index (Phi) is 6.93. The minimum absolute atomic E-state index is 0.278. The summed E-state index contributed by atoms with van der Waals surface area (Å²) in [5.74, 6) is 1.74. The minimum atomic E-state index is -0.619. The van der Waals surface area contributed by atoms with Crippen molar-refractivity contribution in [3.63, 3.8) is 0 Å². The van der Waals surface area contributed by atoms with Crippen molar-refractivity contribution >= 4 is 23.6 Å². The summed E-state index contributed by atoms with van der Waals surface area (Å²) in [6.45, 7) is 8.16. The molecule has 4 rings (SSSR count). The van der Waals surface area contributed by atoms with Gasteiger partial charge in [-0.15, -0.1) is 0 Å². The number of rotatable bonds is 5. The molecular weight excluding hydrogens is 424 g/mol. The number of amides is 3. The van der Waals surface area contributed by atoms with Gasteiger partial charge in [0.15, 0.2) is 5.82 Å². The van der Waals surface area contributed by atoms with Crippen molar-refractivity contribution in [2.24, 2.45) is 11.7 Å². The summed E-state index contributed by atoms with van der Waals surface area (Å²) in [6, 6.07) is 6.58. The highest BCUT2D eigenvalue weighted by molar-refractivity contribution is 5.88. The Balaban J connectivity index is 1.65. The summed E-state index contributed by atoms with van der Waals surface area (Å²) in [7, 11) is 0. The monoisotopic (exact) mass is 454 g/mol. The topological polar surface area (TPSA) is 123 Å². The average molecular weight is 455 g/mol. The molecule has 0 radical (unpaired) electrons.